The van der Waals surface area contributed by atoms with E-state index in [0.717, 1.165) is 51.1 Å². The normalized spacial score (nSPS) is 28.2. The zero-order valence-electron chi connectivity index (χ0n) is 17.6. The van der Waals surface area contributed by atoms with Gasteiger partial charge in [-0.25, -0.2) is 4.39 Å². The number of nitrogens with one attached hydrogen (secondary N) is 6. The van der Waals surface area contributed by atoms with Gasteiger partial charge in [-0.05, 0) is 44.4 Å². The Morgan fingerprint density at radius 2 is 2.14 bits per heavy atom. The van der Waals surface area contributed by atoms with E-state index >= 15 is 0 Å². The molecule has 3 rings (SSSR count). The van der Waals surface area contributed by atoms with Crippen LogP contribution in [-0.4, -0.2) is 62.1 Å². The first-order chi connectivity index (χ1) is 14.0. The molecule has 29 heavy (non-hydrogen) atoms. The van der Waals surface area contributed by atoms with Gasteiger partial charge in [0.15, 0.2) is 0 Å². The van der Waals surface area contributed by atoms with E-state index in [1.807, 2.05) is 6.08 Å². The molecule has 2 fully saturated rings. The summed E-state index contributed by atoms with van der Waals surface area (Å²) in [6, 6.07) is 0.473. The Morgan fingerprint density at radius 3 is 2.79 bits per heavy atom. The molecule has 0 aromatic carbocycles. The molecule has 5 atom stereocenters. The topological polar surface area (TPSA) is 92.4 Å². The molecule has 7 N–H and O–H groups in total. The molecule has 1 heterocycles. The van der Waals surface area contributed by atoms with Gasteiger partial charge in [0.25, 0.3) is 0 Å². The summed E-state index contributed by atoms with van der Waals surface area (Å²) in [5, 5.41) is 30.9. The van der Waals surface area contributed by atoms with Crippen molar-refractivity contribution in [3.63, 3.8) is 0 Å². The van der Waals surface area contributed by atoms with Crippen molar-refractivity contribution >= 4 is 0 Å². The molecule has 0 radical (unpaired) electrons. The summed E-state index contributed by atoms with van der Waals surface area (Å²) in [5.41, 5.74) is 1.24. The molecule has 1 aliphatic heterocycles. The number of hydrogen-bond donors (Lipinski definition) is 7. The fraction of sp³-hybridized carbons (Fsp3) is 0.810. The Balaban J connectivity index is 1.48. The van der Waals surface area contributed by atoms with E-state index in [1.165, 1.54) is 5.57 Å². The molecule has 0 amide bonds. The summed E-state index contributed by atoms with van der Waals surface area (Å²) < 4.78 is 13.3. The van der Waals surface area contributed by atoms with Crippen molar-refractivity contribution in [2.75, 3.05) is 26.2 Å². The lowest BCUT2D eigenvalue weighted by molar-refractivity contribution is 0.0679. The standard InChI is InChI=1S/C21H39FN6O/c1-14(21(29)27-18-7-8-18)11-19(28-20-13-23-9-10-24-20)26-15(2)25-12-16-3-5-17(22)6-4-16/h3,14,17-21,23-29H,2,4-13H2,1H3/t14?,17-,19?,20+,21?/m1/s1. The minimum Gasteiger partial charge on any atom is -0.378 e. The van der Waals surface area contributed by atoms with Gasteiger partial charge in [-0.2, -0.15) is 0 Å². The zero-order valence-corrected chi connectivity index (χ0v) is 17.6. The van der Waals surface area contributed by atoms with Gasteiger partial charge in [-0.15, -0.1) is 0 Å². The SMILES string of the molecule is C=C(NCC1=CC[C@@H](F)CC1)NC(CC(C)C(O)NC1CC1)N[C@H]1CNCCN1. The number of rotatable bonds is 12. The number of halogens is 1. The van der Waals surface area contributed by atoms with Crippen molar-refractivity contribution in [1.82, 2.24) is 31.9 Å². The average molecular weight is 411 g/mol. The van der Waals surface area contributed by atoms with E-state index in [2.05, 4.69) is 45.4 Å². The van der Waals surface area contributed by atoms with Crippen LogP contribution >= 0.6 is 0 Å². The van der Waals surface area contributed by atoms with E-state index in [9.17, 15) is 9.50 Å². The van der Waals surface area contributed by atoms with Crippen LogP contribution in [0.2, 0.25) is 0 Å². The van der Waals surface area contributed by atoms with Crippen molar-refractivity contribution in [3.05, 3.63) is 24.0 Å². The summed E-state index contributed by atoms with van der Waals surface area (Å²) in [4.78, 5) is 0. The minimum absolute atomic E-state index is 0.0337. The molecule has 3 aliphatic rings. The van der Waals surface area contributed by atoms with Crippen LogP contribution in [-0.2, 0) is 0 Å². The van der Waals surface area contributed by atoms with Crippen molar-refractivity contribution in [2.24, 2.45) is 5.92 Å². The molecule has 2 aliphatic carbocycles. The second kappa shape index (κ2) is 11.3. The molecule has 1 saturated heterocycles. The van der Waals surface area contributed by atoms with E-state index in [0.29, 0.717) is 25.4 Å². The zero-order chi connectivity index (χ0) is 20.6. The highest BCUT2D eigenvalue weighted by atomic mass is 19.1. The van der Waals surface area contributed by atoms with E-state index in [-0.39, 0.29) is 18.2 Å². The van der Waals surface area contributed by atoms with E-state index < -0.39 is 12.4 Å². The largest absolute Gasteiger partial charge is 0.378 e. The molecule has 3 unspecified atom stereocenters. The number of hydrogen-bond acceptors (Lipinski definition) is 7. The summed E-state index contributed by atoms with van der Waals surface area (Å²) in [6.45, 7) is 9.63. The maximum Gasteiger partial charge on any atom is 0.107 e. The number of piperazine rings is 1. The van der Waals surface area contributed by atoms with Crippen molar-refractivity contribution < 1.29 is 9.50 Å². The number of allylic oxidation sites excluding steroid dienone is 1. The third kappa shape index (κ3) is 8.22. The Hall–Kier alpha value is -1.19. The molecule has 0 spiro atoms. The van der Waals surface area contributed by atoms with Gasteiger partial charge in [0.1, 0.15) is 12.4 Å². The molecule has 0 aromatic heterocycles. The summed E-state index contributed by atoms with van der Waals surface area (Å²) >= 11 is 0. The highest BCUT2D eigenvalue weighted by Crippen LogP contribution is 2.22. The van der Waals surface area contributed by atoms with Crippen molar-refractivity contribution in [3.8, 4) is 0 Å². The van der Waals surface area contributed by atoms with E-state index in [4.69, 9.17) is 0 Å². The van der Waals surface area contributed by atoms with Crippen LogP contribution in [0.4, 0.5) is 4.39 Å². The van der Waals surface area contributed by atoms with Gasteiger partial charge in [0.05, 0.1) is 18.2 Å². The maximum absolute atomic E-state index is 13.3. The molecule has 1 saturated carbocycles. The predicted octanol–water partition coefficient (Wildman–Crippen LogP) is 0.616. The smallest absolute Gasteiger partial charge is 0.107 e. The lowest BCUT2D eigenvalue weighted by Crippen LogP contribution is -2.61. The first kappa shape index (κ1) is 22.5. The lowest BCUT2D eigenvalue weighted by Gasteiger charge is -2.33. The van der Waals surface area contributed by atoms with Crippen LogP contribution in [0, 0.1) is 5.92 Å². The monoisotopic (exact) mass is 410 g/mol. The number of aliphatic hydroxyl groups excluding tert-OH is 1. The van der Waals surface area contributed by atoms with Crippen LogP contribution in [0.5, 0.6) is 0 Å². The molecule has 8 heteroatoms. The Labute approximate surface area is 174 Å². The van der Waals surface area contributed by atoms with Crippen LogP contribution in [0.3, 0.4) is 0 Å². The highest BCUT2D eigenvalue weighted by Gasteiger charge is 2.28. The summed E-state index contributed by atoms with van der Waals surface area (Å²) in [5.74, 6) is 0.832. The fourth-order valence-electron chi connectivity index (χ4n) is 3.84. The van der Waals surface area contributed by atoms with Crippen molar-refractivity contribution in [1.29, 1.82) is 0 Å². The predicted molar refractivity (Wildman–Crippen MR) is 115 cm³/mol. The average Bonchev–Trinajstić information content (AvgIpc) is 3.52. The quantitative estimate of drug-likeness (QED) is 0.187. The second-order valence-corrected chi connectivity index (χ2v) is 8.74. The van der Waals surface area contributed by atoms with Crippen LogP contribution in [0.25, 0.3) is 0 Å². The van der Waals surface area contributed by atoms with Crippen LogP contribution in [0.1, 0.15) is 45.4 Å². The molecular weight excluding hydrogens is 371 g/mol. The molecule has 0 aromatic rings. The molecule has 0 bridgehead atoms. The highest BCUT2D eigenvalue weighted by molar-refractivity contribution is 5.10. The molecule has 7 nitrogen and oxygen atoms in total. The van der Waals surface area contributed by atoms with Gasteiger partial charge in [-0.1, -0.05) is 25.2 Å². The van der Waals surface area contributed by atoms with Crippen molar-refractivity contribution in [2.45, 2.75) is 76.2 Å². The molecule has 166 valence electrons. The molecular formula is C21H39FN6O. The van der Waals surface area contributed by atoms with Gasteiger partial charge in [0.2, 0.25) is 0 Å². The van der Waals surface area contributed by atoms with Gasteiger partial charge >= 0.3 is 0 Å². The lowest BCUT2D eigenvalue weighted by atomic mass is 9.98. The Bertz CT molecular complexity index is 549. The first-order valence-electron chi connectivity index (χ1n) is 11.1. The van der Waals surface area contributed by atoms with Gasteiger partial charge < -0.3 is 21.1 Å². The Kier molecular flexibility index (Phi) is 8.74. The minimum atomic E-state index is -0.692. The maximum atomic E-state index is 13.3. The third-order valence-electron chi connectivity index (χ3n) is 5.89. The van der Waals surface area contributed by atoms with Gasteiger partial charge in [-0.3, -0.25) is 16.0 Å². The fourth-order valence-corrected chi connectivity index (χ4v) is 3.84. The number of alkyl halides is 1. The van der Waals surface area contributed by atoms with Crippen LogP contribution < -0.4 is 31.9 Å². The Morgan fingerprint density at radius 1 is 1.31 bits per heavy atom. The second-order valence-electron chi connectivity index (χ2n) is 8.74. The number of aliphatic hydroxyl groups is 1. The first-order valence-corrected chi connectivity index (χ1v) is 11.1. The third-order valence-corrected chi connectivity index (χ3v) is 5.89. The van der Waals surface area contributed by atoms with Gasteiger partial charge in [0, 0.05) is 32.2 Å². The summed E-state index contributed by atoms with van der Waals surface area (Å²) in [7, 11) is 0. The van der Waals surface area contributed by atoms with Crippen LogP contribution in [0.15, 0.2) is 24.0 Å². The summed E-state index contributed by atoms with van der Waals surface area (Å²) in [6.07, 6.45) is 5.93. The van der Waals surface area contributed by atoms with E-state index in [1.54, 1.807) is 0 Å².